The summed E-state index contributed by atoms with van der Waals surface area (Å²) in [5.41, 5.74) is 3.18. The highest BCUT2D eigenvalue weighted by Gasteiger charge is 2.20. The van der Waals surface area contributed by atoms with Crippen molar-refractivity contribution >= 4 is 23.0 Å². The van der Waals surface area contributed by atoms with Crippen molar-refractivity contribution in [2.45, 2.75) is 26.2 Å². The molecule has 0 spiro atoms. The number of piperazine rings is 1. The first-order chi connectivity index (χ1) is 14.0. The Hall–Kier alpha value is -2.93. The fraction of sp³-hybridized carbons (Fsp3) is 0.409. The summed E-state index contributed by atoms with van der Waals surface area (Å²) < 4.78 is 0. The molecule has 0 bridgehead atoms. The molecule has 1 amide bonds. The highest BCUT2D eigenvalue weighted by Crippen LogP contribution is 2.22. The number of carbonyl (C=O) groups is 1. The summed E-state index contributed by atoms with van der Waals surface area (Å²) in [4.78, 5) is 27.1. The molecule has 0 aliphatic carbocycles. The number of hydrogen-bond donors (Lipinski definition) is 1. The first kappa shape index (κ1) is 20.8. The maximum atomic E-state index is 12.4. The molecule has 1 heterocycles. The quantitative estimate of drug-likeness (QED) is 0.568. The Balaban J connectivity index is 1.46. The fourth-order valence-electron chi connectivity index (χ4n) is 3.48. The minimum atomic E-state index is -0.391. The van der Waals surface area contributed by atoms with Crippen LogP contribution in [-0.2, 0) is 4.79 Å². The van der Waals surface area contributed by atoms with Crippen LogP contribution in [0.15, 0.2) is 48.5 Å². The third-order valence-electron chi connectivity index (χ3n) is 5.54. The average Bonchev–Trinajstić information content (AvgIpc) is 2.74. The molecule has 3 rings (SSSR count). The molecule has 7 nitrogen and oxygen atoms in total. The number of nitro benzene ring substituents is 1. The van der Waals surface area contributed by atoms with Gasteiger partial charge in [0.1, 0.15) is 0 Å². The molecule has 7 heteroatoms. The van der Waals surface area contributed by atoms with E-state index in [1.165, 1.54) is 17.7 Å². The van der Waals surface area contributed by atoms with Crippen molar-refractivity contribution in [1.29, 1.82) is 0 Å². The SMILES string of the molecule is CC[C@H](C)c1ccc(NC(=O)CN2CCN(c3ccc([N+](=O)[O-])cc3)CC2)cc1. The van der Waals surface area contributed by atoms with Gasteiger partial charge in [-0.1, -0.05) is 26.0 Å². The summed E-state index contributed by atoms with van der Waals surface area (Å²) in [5.74, 6) is 0.511. The van der Waals surface area contributed by atoms with Crippen LogP contribution < -0.4 is 10.2 Å². The van der Waals surface area contributed by atoms with Crippen molar-refractivity contribution < 1.29 is 9.72 Å². The minimum Gasteiger partial charge on any atom is -0.369 e. The van der Waals surface area contributed by atoms with Gasteiger partial charge in [-0.15, -0.1) is 0 Å². The highest BCUT2D eigenvalue weighted by atomic mass is 16.6. The number of anilines is 2. The van der Waals surface area contributed by atoms with Crippen LogP contribution in [0.3, 0.4) is 0 Å². The van der Waals surface area contributed by atoms with Crippen LogP contribution in [-0.4, -0.2) is 48.5 Å². The number of nitrogens with one attached hydrogen (secondary N) is 1. The predicted octanol–water partition coefficient (Wildman–Crippen LogP) is 3.87. The van der Waals surface area contributed by atoms with E-state index in [1.807, 2.05) is 12.1 Å². The van der Waals surface area contributed by atoms with E-state index in [1.54, 1.807) is 12.1 Å². The standard InChI is InChI=1S/C22H28N4O3/c1-3-17(2)18-4-6-19(7-5-18)23-22(27)16-24-12-14-25(15-13-24)20-8-10-21(11-9-20)26(28)29/h4-11,17H,3,12-16H2,1-2H3,(H,23,27)/t17-/m0/s1. The van der Waals surface area contributed by atoms with Crippen molar-refractivity contribution in [1.82, 2.24) is 4.90 Å². The van der Waals surface area contributed by atoms with Gasteiger partial charge in [-0.05, 0) is 42.2 Å². The number of amides is 1. The lowest BCUT2D eigenvalue weighted by Gasteiger charge is -2.35. The number of benzene rings is 2. The van der Waals surface area contributed by atoms with Gasteiger partial charge in [0.25, 0.3) is 5.69 Å². The molecule has 1 atom stereocenters. The smallest absolute Gasteiger partial charge is 0.269 e. The first-order valence-electron chi connectivity index (χ1n) is 10.1. The lowest BCUT2D eigenvalue weighted by atomic mass is 9.99. The van der Waals surface area contributed by atoms with Crippen LogP contribution in [0.2, 0.25) is 0 Å². The molecular formula is C22H28N4O3. The molecule has 1 N–H and O–H groups in total. The van der Waals surface area contributed by atoms with E-state index in [0.717, 1.165) is 44.0 Å². The van der Waals surface area contributed by atoms with Crippen molar-refractivity contribution in [2.75, 3.05) is 42.9 Å². The van der Waals surface area contributed by atoms with Crippen LogP contribution in [0.25, 0.3) is 0 Å². The molecule has 1 aliphatic rings. The van der Waals surface area contributed by atoms with Gasteiger partial charge in [0.2, 0.25) is 5.91 Å². The molecule has 29 heavy (non-hydrogen) atoms. The van der Waals surface area contributed by atoms with Crippen LogP contribution in [0, 0.1) is 10.1 Å². The van der Waals surface area contributed by atoms with Crippen LogP contribution in [0.1, 0.15) is 31.7 Å². The topological polar surface area (TPSA) is 78.7 Å². The zero-order valence-corrected chi connectivity index (χ0v) is 17.0. The molecule has 0 aromatic heterocycles. The normalized spacial score (nSPS) is 15.7. The molecule has 0 radical (unpaired) electrons. The number of nitrogens with zero attached hydrogens (tertiary/aromatic N) is 3. The number of carbonyl (C=O) groups excluding carboxylic acids is 1. The zero-order valence-electron chi connectivity index (χ0n) is 17.0. The van der Waals surface area contributed by atoms with Gasteiger partial charge in [0.05, 0.1) is 11.5 Å². The number of hydrogen-bond acceptors (Lipinski definition) is 5. The van der Waals surface area contributed by atoms with Gasteiger partial charge < -0.3 is 10.2 Å². The average molecular weight is 396 g/mol. The maximum Gasteiger partial charge on any atom is 0.269 e. The van der Waals surface area contributed by atoms with Gasteiger partial charge in [-0.25, -0.2) is 0 Å². The summed E-state index contributed by atoms with van der Waals surface area (Å²) in [6.45, 7) is 7.85. The van der Waals surface area contributed by atoms with Gasteiger partial charge in [-0.3, -0.25) is 19.8 Å². The monoisotopic (exact) mass is 396 g/mol. The molecular weight excluding hydrogens is 368 g/mol. The third-order valence-corrected chi connectivity index (χ3v) is 5.54. The summed E-state index contributed by atoms with van der Waals surface area (Å²) in [5, 5.41) is 13.7. The van der Waals surface area contributed by atoms with Crippen LogP contribution in [0.4, 0.5) is 17.1 Å². The number of non-ortho nitro benzene ring substituents is 1. The first-order valence-corrected chi connectivity index (χ1v) is 10.1. The van der Waals surface area contributed by atoms with Crippen molar-refractivity contribution in [2.24, 2.45) is 0 Å². The molecule has 0 unspecified atom stereocenters. The predicted molar refractivity (Wildman–Crippen MR) is 116 cm³/mol. The van der Waals surface area contributed by atoms with E-state index in [9.17, 15) is 14.9 Å². The molecule has 1 saturated heterocycles. The molecule has 1 fully saturated rings. The van der Waals surface area contributed by atoms with E-state index >= 15 is 0 Å². The fourth-order valence-corrected chi connectivity index (χ4v) is 3.48. The van der Waals surface area contributed by atoms with E-state index in [0.29, 0.717) is 12.5 Å². The number of nitro groups is 1. The Labute approximate surface area is 171 Å². The summed E-state index contributed by atoms with van der Waals surface area (Å²) in [7, 11) is 0. The van der Waals surface area contributed by atoms with Crippen LogP contribution >= 0.6 is 0 Å². The van der Waals surface area contributed by atoms with Crippen LogP contribution in [0.5, 0.6) is 0 Å². The Morgan fingerprint density at radius 3 is 2.24 bits per heavy atom. The van der Waals surface area contributed by atoms with E-state index < -0.39 is 4.92 Å². The van der Waals surface area contributed by atoms with E-state index in [-0.39, 0.29) is 11.6 Å². The zero-order chi connectivity index (χ0) is 20.8. The van der Waals surface area contributed by atoms with Gasteiger partial charge in [0, 0.05) is 49.7 Å². The number of rotatable bonds is 7. The Bertz CT molecular complexity index is 828. The highest BCUT2D eigenvalue weighted by molar-refractivity contribution is 5.92. The Morgan fingerprint density at radius 1 is 1.07 bits per heavy atom. The molecule has 0 saturated carbocycles. The second-order valence-corrected chi connectivity index (χ2v) is 7.52. The third kappa shape index (κ3) is 5.54. The summed E-state index contributed by atoms with van der Waals surface area (Å²) in [6, 6.07) is 14.7. The van der Waals surface area contributed by atoms with Gasteiger partial charge in [-0.2, -0.15) is 0 Å². The van der Waals surface area contributed by atoms with E-state index in [4.69, 9.17) is 0 Å². The maximum absolute atomic E-state index is 12.4. The summed E-state index contributed by atoms with van der Waals surface area (Å²) in [6.07, 6.45) is 1.09. The van der Waals surface area contributed by atoms with Crippen molar-refractivity contribution in [3.63, 3.8) is 0 Å². The van der Waals surface area contributed by atoms with Gasteiger partial charge >= 0.3 is 0 Å². The lowest BCUT2D eigenvalue weighted by Crippen LogP contribution is -2.48. The van der Waals surface area contributed by atoms with Crippen molar-refractivity contribution in [3.8, 4) is 0 Å². The second-order valence-electron chi connectivity index (χ2n) is 7.52. The Morgan fingerprint density at radius 2 is 1.69 bits per heavy atom. The largest absolute Gasteiger partial charge is 0.369 e. The molecule has 154 valence electrons. The summed E-state index contributed by atoms with van der Waals surface area (Å²) >= 11 is 0. The second kappa shape index (κ2) is 9.52. The van der Waals surface area contributed by atoms with Gasteiger partial charge in [0.15, 0.2) is 0 Å². The van der Waals surface area contributed by atoms with Crippen molar-refractivity contribution in [3.05, 3.63) is 64.2 Å². The minimum absolute atomic E-state index is 0.00919. The lowest BCUT2D eigenvalue weighted by molar-refractivity contribution is -0.384. The Kier molecular flexibility index (Phi) is 6.82. The molecule has 2 aromatic rings. The molecule has 2 aromatic carbocycles. The molecule has 1 aliphatic heterocycles. The van der Waals surface area contributed by atoms with E-state index in [2.05, 4.69) is 41.1 Å².